The molecule has 2 aromatic rings. The summed E-state index contributed by atoms with van der Waals surface area (Å²) >= 11 is 0. The van der Waals surface area contributed by atoms with Crippen LogP contribution in [0, 0.1) is 23.7 Å². The molecule has 3 aliphatic heterocycles. The molecule has 14 N–H and O–H groups in total. The molecule has 0 spiro atoms. The third kappa shape index (κ3) is 17.3. The number of hydrogen-bond donors (Lipinski definition) is 12. The second-order valence-electron chi connectivity index (χ2n) is 22.7. The number of nitrogens with one attached hydrogen (secondary N) is 8. The predicted octanol–water partition coefficient (Wildman–Crippen LogP) is -0.921. The minimum atomic E-state index is -1.42. The van der Waals surface area contributed by atoms with Gasteiger partial charge < -0.3 is 74.0 Å². The number of rotatable bonds is 12. The molecule has 0 saturated carbocycles. The smallest absolute Gasteiger partial charge is 0.246 e. The largest absolute Gasteiger partial charge is 0.508 e. The van der Waals surface area contributed by atoms with Crippen LogP contribution in [0.1, 0.15) is 105 Å². The number of nitrogens with zero attached hydrogens (tertiary/aromatic N) is 2. The first-order chi connectivity index (χ1) is 37.8. The average Bonchev–Trinajstić information content (AvgIpc) is 4.13. The minimum absolute atomic E-state index is 0.0425. The number of benzene rings is 2. The molecule has 0 aliphatic carbocycles. The van der Waals surface area contributed by atoms with E-state index in [1.807, 2.05) is 27.7 Å². The number of carbonyl (C=O) groups excluding carboxylic acids is 10. The van der Waals surface area contributed by atoms with Gasteiger partial charge in [-0.15, -0.1) is 0 Å². The summed E-state index contributed by atoms with van der Waals surface area (Å²) in [4.78, 5) is 146. The first-order valence-corrected chi connectivity index (χ1v) is 27.8. The quantitative estimate of drug-likeness (QED) is 0.122. The lowest BCUT2D eigenvalue weighted by atomic mass is 9.99. The number of carbonyl (C=O) groups is 10. The van der Waals surface area contributed by atoms with Crippen LogP contribution >= 0.6 is 0 Å². The molecule has 80 heavy (non-hydrogen) atoms. The summed E-state index contributed by atoms with van der Waals surface area (Å²) in [7, 11) is 0. The van der Waals surface area contributed by atoms with Crippen LogP contribution in [-0.2, 0) is 60.8 Å². The van der Waals surface area contributed by atoms with E-state index in [2.05, 4.69) is 42.5 Å². The molecule has 0 radical (unpaired) electrons. The molecular formula is C56H84N12O12. The van der Waals surface area contributed by atoms with Crippen LogP contribution in [0.4, 0.5) is 0 Å². The number of aromatic hydroxyl groups is 2. The minimum Gasteiger partial charge on any atom is -0.508 e. The first-order valence-electron chi connectivity index (χ1n) is 27.8. The van der Waals surface area contributed by atoms with Crippen molar-refractivity contribution >= 4 is 59.1 Å². The van der Waals surface area contributed by atoms with Gasteiger partial charge >= 0.3 is 0 Å². The van der Waals surface area contributed by atoms with Crippen LogP contribution in [0.15, 0.2) is 48.5 Å². The fourth-order valence-corrected chi connectivity index (χ4v) is 10.2. The number of phenols is 2. The molecule has 3 heterocycles. The Labute approximate surface area is 467 Å². The Hall–Kier alpha value is -7.34. The van der Waals surface area contributed by atoms with Gasteiger partial charge in [0.1, 0.15) is 71.9 Å². The number of nitrogens with two attached hydrogens (primary N) is 2. The maximum absolute atomic E-state index is 14.8. The van der Waals surface area contributed by atoms with Gasteiger partial charge in [-0.2, -0.15) is 0 Å². The fraction of sp³-hybridized carbons (Fsp3) is 0.607. The monoisotopic (exact) mass is 1120 g/mol. The molecule has 0 bridgehead atoms. The van der Waals surface area contributed by atoms with Crippen LogP contribution in [0.2, 0.25) is 0 Å². The molecule has 3 aliphatic rings. The van der Waals surface area contributed by atoms with E-state index >= 15 is 0 Å². The lowest BCUT2D eigenvalue weighted by Crippen LogP contribution is -2.63. The van der Waals surface area contributed by atoms with Crippen LogP contribution < -0.4 is 54.0 Å². The van der Waals surface area contributed by atoms with E-state index in [1.54, 1.807) is 52.0 Å². The Morgan fingerprint density at radius 2 is 0.725 bits per heavy atom. The van der Waals surface area contributed by atoms with Crippen molar-refractivity contribution in [3.8, 4) is 11.5 Å². The molecule has 10 amide bonds. The van der Waals surface area contributed by atoms with E-state index in [0.717, 1.165) is 0 Å². The number of fused-ring (bicyclic) bond motifs is 2. The van der Waals surface area contributed by atoms with Crippen LogP contribution in [0.5, 0.6) is 11.5 Å². The Kier molecular flexibility index (Phi) is 23.2. The molecule has 3 fully saturated rings. The lowest BCUT2D eigenvalue weighted by molar-refractivity contribution is -0.143. The third-order valence-electron chi connectivity index (χ3n) is 14.6. The zero-order valence-corrected chi connectivity index (χ0v) is 47.2. The van der Waals surface area contributed by atoms with Crippen molar-refractivity contribution in [1.82, 2.24) is 52.3 Å². The molecule has 24 nitrogen and oxygen atoms in total. The molecular weight excluding hydrogens is 1030 g/mol. The summed E-state index contributed by atoms with van der Waals surface area (Å²) in [5, 5.41) is 41.9. The van der Waals surface area contributed by atoms with Crippen molar-refractivity contribution in [2.75, 3.05) is 26.2 Å². The lowest BCUT2D eigenvalue weighted by Gasteiger charge is -2.32. The second kappa shape index (κ2) is 29.2. The summed E-state index contributed by atoms with van der Waals surface area (Å²) in [5.74, 6) is -9.01. The molecule has 24 heteroatoms. The van der Waals surface area contributed by atoms with E-state index in [1.165, 1.54) is 34.1 Å². The molecule has 440 valence electrons. The number of phenolic OH excluding ortho intramolecular Hbond substituents is 2. The normalized spacial score (nSPS) is 26.9. The molecule has 2 aromatic carbocycles. The standard InChI is InChI=1S/C56H84N12O12/c1-29(2)23-37-47(71)61-39(25-33-13-17-35(69)18-14-33)55(79)67-21-9-11-43(67)51(75)66-46(32(7)8)54(78)64-42(28-58)50(74)60-38(24-30(3)4)48(72)62-40(26-34-15-19-36(70)20-16-34)56(80)68-22-10-12-44(68)52(76)65-45(31(5)6)53(77)63-41(27-57)49(73)59-37/h13-20,29-32,37-46,69-70H,9-12,21-28,57-58H2,1-8H3,(H,59,73)(H,60,74)(H,61,71)(H,62,72)(H,63,77)(H,64,78)(H,65,76)(H,66,75)/t37-,38-,39-,40+,41-,42-,43-,44-,45-,46-/m0/s1. The van der Waals surface area contributed by atoms with E-state index < -0.39 is 144 Å². The summed E-state index contributed by atoms with van der Waals surface area (Å²) in [6.07, 6.45) is 1.08. The summed E-state index contributed by atoms with van der Waals surface area (Å²) in [6.45, 7) is 13.3. The zero-order valence-electron chi connectivity index (χ0n) is 47.2. The second-order valence-corrected chi connectivity index (χ2v) is 22.7. The highest BCUT2D eigenvalue weighted by Gasteiger charge is 2.43. The average molecular weight is 1120 g/mol. The van der Waals surface area contributed by atoms with Gasteiger partial charge in [0.25, 0.3) is 0 Å². The van der Waals surface area contributed by atoms with Crippen molar-refractivity contribution in [2.45, 2.75) is 167 Å². The van der Waals surface area contributed by atoms with Gasteiger partial charge in [0, 0.05) is 39.0 Å². The summed E-state index contributed by atoms with van der Waals surface area (Å²) in [5.41, 5.74) is 13.3. The number of hydrogen-bond acceptors (Lipinski definition) is 14. The maximum atomic E-state index is 14.8. The summed E-state index contributed by atoms with van der Waals surface area (Å²) < 4.78 is 0. The fourth-order valence-electron chi connectivity index (χ4n) is 10.2. The first kappa shape index (κ1) is 63.5. The maximum Gasteiger partial charge on any atom is 0.246 e. The van der Waals surface area contributed by atoms with Crippen LogP contribution in [0.25, 0.3) is 0 Å². The van der Waals surface area contributed by atoms with Crippen molar-refractivity contribution in [1.29, 1.82) is 0 Å². The van der Waals surface area contributed by atoms with Crippen LogP contribution in [-0.4, -0.2) is 166 Å². The molecule has 5 rings (SSSR count). The highest BCUT2D eigenvalue weighted by atomic mass is 16.3. The zero-order chi connectivity index (χ0) is 59.1. The molecule has 0 aromatic heterocycles. The van der Waals surface area contributed by atoms with Gasteiger partial charge in [-0.1, -0.05) is 79.7 Å². The van der Waals surface area contributed by atoms with E-state index in [4.69, 9.17) is 11.5 Å². The predicted molar refractivity (Wildman–Crippen MR) is 295 cm³/mol. The van der Waals surface area contributed by atoms with Crippen molar-refractivity contribution in [3.63, 3.8) is 0 Å². The van der Waals surface area contributed by atoms with Gasteiger partial charge in [0.2, 0.25) is 59.1 Å². The van der Waals surface area contributed by atoms with Crippen molar-refractivity contribution < 1.29 is 58.2 Å². The van der Waals surface area contributed by atoms with Gasteiger partial charge in [-0.25, -0.2) is 0 Å². The van der Waals surface area contributed by atoms with Crippen molar-refractivity contribution in [3.05, 3.63) is 59.7 Å². The van der Waals surface area contributed by atoms with Crippen LogP contribution in [0.3, 0.4) is 0 Å². The Morgan fingerprint density at radius 1 is 0.425 bits per heavy atom. The van der Waals surface area contributed by atoms with E-state index in [9.17, 15) is 58.2 Å². The van der Waals surface area contributed by atoms with Gasteiger partial charge in [-0.3, -0.25) is 47.9 Å². The Morgan fingerprint density at radius 3 is 1.02 bits per heavy atom. The molecule has 0 unspecified atom stereocenters. The van der Waals surface area contributed by atoms with Gasteiger partial charge in [-0.05, 0) is 97.6 Å². The van der Waals surface area contributed by atoms with Gasteiger partial charge in [0.15, 0.2) is 0 Å². The third-order valence-corrected chi connectivity index (χ3v) is 14.6. The van der Waals surface area contributed by atoms with Gasteiger partial charge in [0.05, 0.1) is 0 Å². The highest BCUT2D eigenvalue weighted by Crippen LogP contribution is 2.24. The Balaban J connectivity index is 1.56. The van der Waals surface area contributed by atoms with E-state index in [0.29, 0.717) is 24.0 Å². The Bertz CT molecular complexity index is 2350. The van der Waals surface area contributed by atoms with Crippen molar-refractivity contribution in [2.24, 2.45) is 35.1 Å². The molecule has 10 atom stereocenters. The molecule has 3 saturated heterocycles. The highest BCUT2D eigenvalue weighted by molar-refractivity contribution is 6.00. The SMILES string of the molecule is CC(C)C[C@@H]1NC(=O)[C@H](CN)NC(=O)[C@H](C(C)C)NC(=O)[C@@H]2CCCN2C(=O)[C@@H](Cc2ccc(O)cc2)NC(=O)[C@H](CC(C)C)NC(=O)[C@H](CN)NC(=O)[C@H](C(C)C)NC(=O)[C@@H]2CCCN2C(=O)[C@H](Cc2ccc(O)cc2)NC1=O. The topological polar surface area (TPSA) is 366 Å². The van der Waals surface area contributed by atoms with E-state index in [-0.39, 0.29) is 74.9 Å². The summed E-state index contributed by atoms with van der Waals surface area (Å²) in [6, 6.07) is -0.831. The number of amides is 10.